The zero-order valence-corrected chi connectivity index (χ0v) is 29.2. The van der Waals surface area contributed by atoms with Crippen molar-refractivity contribution in [3.8, 4) is 11.5 Å². The van der Waals surface area contributed by atoms with Gasteiger partial charge in [-0.2, -0.15) is 0 Å². The molecule has 5 aromatic carbocycles. The molecule has 2 atom stereocenters. The van der Waals surface area contributed by atoms with Gasteiger partial charge in [0.15, 0.2) is 0 Å². The van der Waals surface area contributed by atoms with E-state index in [1.165, 1.54) is 22.9 Å². The molecule has 8 nitrogen and oxygen atoms in total. The zero-order valence-electron chi connectivity index (χ0n) is 29.2. The lowest BCUT2D eigenvalue weighted by atomic mass is 9.76. The summed E-state index contributed by atoms with van der Waals surface area (Å²) >= 11 is 0. The predicted molar refractivity (Wildman–Crippen MR) is 202 cm³/mol. The fourth-order valence-electron chi connectivity index (χ4n) is 7.86. The van der Waals surface area contributed by atoms with E-state index in [9.17, 15) is 14.4 Å². The quantitative estimate of drug-likeness (QED) is 0.131. The number of anilines is 2. The van der Waals surface area contributed by atoms with E-state index in [1.807, 2.05) is 79.7 Å². The normalized spacial score (nSPS) is 19.0. The van der Waals surface area contributed by atoms with Crippen LogP contribution in [0, 0.1) is 6.92 Å². The summed E-state index contributed by atoms with van der Waals surface area (Å²) in [5, 5.41) is 2.44. The number of hydrogen-bond acceptors (Lipinski definition) is 6. The number of methoxy groups -OCH3 is 1. The monoisotopic (exact) mass is 689 g/mol. The van der Waals surface area contributed by atoms with E-state index >= 15 is 0 Å². The predicted octanol–water partition coefficient (Wildman–Crippen LogP) is 8.13. The first kappa shape index (κ1) is 33.0. The van der Waals surface area contributed by atoms with Crippen LogP contribution in [0.3, 0.4) is 0 Å². The van der Waals surface area contributed by atoms with Crippen molar-refractivity contribution in [1.29, 1.82) is 0 Å². The van der Waals surface area contributed by atoms with E-state index in [4.69, 9.17) is 9.47 Å². The summed E-state index contributed by atoms with van der Waals surface area (Å²) in [4.78, 5) is 45.1. The third-order valence-corrected chi connectivity index (χ3v) is 10.4. The number of amides is 4. The fourth-order valence-corrected chi connectivity index (χ4v) is 7.86. The molecular weight excluding hydrogens is 651 g/mol. The highest BCUT2D eigenvalue weighted by Crippen LogP contribution is 2.50. The van der Waals surface area contributed by atoms with Crippen LogP contribution in [0.15, 0.2) is 121 Å². The number of barbiturate groups is 1. The molecule has 0 aliphatic carbocycles. The maximum atomic E-state index is 14.5. The second-order valence-corrected chi connectivity index (χ2v) is 13.6. The molecule has 3 heterocycles. The van der Waals surface area contributed by atoms with Gasteiger partial charge in [0.25, 0.3) is 11.8 Å². The van der Waals surface area contributed by atoms with Gasteiger partial charge in [-0.15, -0.1) is 0 Å². The summed E-state index contributed by atoms with van der Waals surface area (Å²) in [6.07, 6.45) is 3.30. The molecule has 1 fully saturated rings. The van der Waals surface area contributed by atoms with Crippen LogP contribution in [0.25, 0.3) is 6.08 Å². The van der Waals surface area contributed by atoms with Crippen molar-refractivity contribution >= 4 is 35.3 Å². The molecular formula is C44H39N3O5. The molecule has 8 rings (SSSR count). The van der Waals surface area contributed by atoms with Gasteiger partial charge in [-0.1, -0.05) is 90.5 Å². The zero-order chi connectivity index (χ0) is 35.8. The maximum Gasteiger partial charge on any atom is 0.335 e. The molecule has 3 aliphatic rings. The minimum absolute atomic E-state index is 0.0766. The van der Waals surface area contributed by atoms with Gasteiger partial charge in [0.2, 0.25) is 0 Å². The molecule has 8 heteroatoms. The van der Waals surface area contributed by atoms with Crippen LogP contribution >= 0.6 is 0 Å². The molecule has 4 amide bonds. The van der Waals surface area contributed by atoms with Crippen molar-refractivity contribution in [3.63, 3.8) is 0 Å². The number of urea groups is 1. The van der Waals surface area contributed by atoms with Gasteiger partial charge in [-0.3, -0.25) is 14.9 Å². The molecule has 0 aromatic heterocycles. The Hall–Kier alpha value is -6.15. The van der Waals surface area contributed by atoms with Crippen LogP contribution in [-0.4, -0.2) is 38.0 Å². The molecule has 0 radical (unpaired) electrons. The lowest BCUT2D eigenvalue weighted by Gasteiger charge is -2.44. The van der Waals surface area contributed by atoms with Crippen LogP contribution in [0.2, 0.25) is 0 Å². The average molecular weight is 690 g/mol. The lowest BCUT2D eigenvalue weighted by Crippen LogP contribution is -2.54. The minimum Gasteiger partial charge on any atom is -0.497 e. The van der Waals surface area contributed by atoms with Crippen molar-refractivity contribution in [2.24, 2.45) is 0 Å². The second kappa shape index (κ2) is 13.9. The van der Waals surface area contributed by atoms with Crippen LogP contribution in [0.4, 0.5) is 16.2 Å². The van der Waals surface area contributed by atoms with Gasteiger partial charge >= 0.3 is 6.03 Å². The highest BCUT2D eigenvalue weighted by molar-refractivity contribution is 6.39. The highest BCUT2D eigenvalue weighted by Gasteiger charge is 2.40. The van der Waals surface area contributed by atoms with Gasteiger partial charge in [0, 0.05) is 42.2 Å². The Morgan fingerprint density at radius 3 is 2.04 bits per heavy atom. The molecule has 3 aliphatic heterocycles. The molecule has 0 spiro atoms. The lowest BCUT2D eigenvalue weighted by molar-refractivity contribution is -0.122. The molecule has 1 N–H and O–H groups in total. The smallest absolute Gasteiger partial charge is 0.335 e. The Kier molecular flexibility index (Phi) is 8.81. The van der Waals surface area contributed by atoms with Gasteiger partial charge < -0.3 is 14.4 Å². The van der Waals surface area contributed by atoms with Crippen molar-refractivity contribution in [3.05, 3.63) is 160 Å². The second-order valence-electron chi connectivity index (χ2n) is 13.6. The van der Waals surface area contributed by atoms with Gasteiger partial charge in [-0.05, 0) is 77.9 Å². The van der Waals surface area contributed by atoms with Crippen LogP contribution in [0.5, 0.6) is 11.5 Å². The summed E-state index contributed by atoms with van der Waals surface area (Å²) in [6.45, 7) is 4.13. The minimum atomic E-state index is -0.777. The summed E-state index contributed by atoms with van der Waals surface area (Å²) in [6, 6.07) is 37.2. The summed E-state index contributed by atoms with van der Waals surface area (Å²) < 4.78 is 11.7. The number of imide groups is 2. The van der Waals surface area contributed by atoms with E-state index in [0.717, 1.165) is 53.1 Å². The Balaban J connectivity index is 1.22. The molecule has 0 saturated carbocycles. The Morgan fingerprint density at radius 2 is 1.42 bits per heavy atom. The third kappa shape index (κ3) is 6.21. The number of ether oxygens (including phenoxy) is 2. The first-order valence-corrected chi connectivity index (χ1v) is 17.7. The van der Waals surface area contributed by atoms with Crippen LogP contribution in [-0.2, 0) is 16.2 Å². The first-order chi connectivity index (χ1) is 25.4. The maximum absolute atomic E-state index is 14.5. The number of aryl methyl sites for hydroxylation is 1. The van der Waals surface area contributed by atoms with E-state index in [-0.39, 0.29) is 24.0 Å². The summed E-state index contributed by atoms with van der Waals surface area (Å²) in [5.74, 6) is -0.304. The molecule has 260 valence electrons. The Labute approximate surface area is 303 Å². The van der Waals surface area contributed by atoms with E-state index in [2.05, 4.69) is 34.5 Å². The first-order valence-electron chi connectivity index (χ1n) is 17.7. The topological polar surface area (TPSA) is 88.2 Å². The Morgan fingerprint density at radius 1 is 0.769 bits per heavy atom. The van der Waals surface area contributed by atoms with Crippen LogP contribution in [0.1, 0.15) is 63.6 Å². The molecule has 0 unspecified atom stereocenters. The number of carbonyl (C=O) groups is 3. The molecule has 0 bridgehead atoms. The van der Waals surface area contributed by atoms with Crippen molar-refractivity contribution in [2.45, 2.75) is 38.2 Å². The third-order valence-electron chi connectivity index (χ3n) is 10.4. The number of nitrogens with zero attached hydrogens (tertiary/aromatic N) is 2. The van der Waals surface area contributed by atoms with Gasteiger partial charge in [0.05, 0.1) is 12.8 Å². The SMILES string of the molecule is COc1ccc(/C=C2\C(=O)NC(=O)N(c3cc4c5c(c3)[C@@H](c3ccccc3)CCN5CC[C@@H]4c3ccccc3)C2=O)c(OCc2cccc(C)c2)c1. The Bertz CT molecular complexity index is 2140. The number of hydrogen-bond donors (Lipinski definition) is 1. The van der Waals surface area contributed by atoms with E-state index in [0.29, 0.717) is 22.7 Å². The standard InChI is InChI=1S/C44H39N3O5/c1-28-10-9-11-29(22-28)27-52-40-26-34(51-2)17-16-32(40)23-39-42(48)45-44(50)47(43(39)49)33-24-37-35(30-12-5-3-6-13-30)18-20-46-21-19-36(38(25-33)41(37)46)31-14-7-4-8-15-31/h3-17,22-26,35-36H,18-21,27H2,1-2H3,(H,45,48,50)/b39-23+/t35-,36-/m1/s1. The average Bonchev–Trinajstić information content (AvgIpc) is 3.16. The van der Waals surface area contributed by atoms with E-state index in [1.54, 1.807) is 25.3 Å². The molecule has 1 saturated heterocycles. The number of carbonyl (C=O) groups excluding carboxylic acids is 3. The summed E-state index contributed by atoms with van der Waals surface area (Å²) in [5.41, 5.74) is 8.56. The van der Waals surface area contributed by atoms with Crippen molar-refractivity contribution in [2.75, 3.05) is 30.0 Å². The molecule has 52 heavy (non-hydrogen) atoms. The fraction of sp³-hybridized carbons (Fsp3) is 0.205. The highest BCUT2D eigenvalue weighted by atomic mass is 16.5. The van der Waals surface area contributed by atoms with Crippen LogP contribution < -0.4 is 24.6 Å². The number of rotatable bonds is 8. The van der Waals surface area contributed by atoms with Gasteiger partial charge in [-0.25, -0.2) is 9.69 Å². The van der Waals surface area contributed by atoms with Crippen molar-refractivity contribution < 1.29 is 23.9 Å². The summed E-state index contributed by atoms with van der Waals surface area (Å²) in [7, 11) is 1.56. The van der Waals surface area contributed by atoms with E-state index < -0.39 is 17.8 Å². The van der Waals surface area contributed by atoms with Gasteiger partial charge in [0.1, 0.15) is 23.7 Å². The largest absolute Gasteiger partial charge is 0.497 e. The number of nitrogens with one attached hydrogen (secondary N) is 1. The number of benzene rings is 5. The molecule has 5 aromatic rings. The van der Waals surface area contributed by atoms with Crippen molar-refractivity contribution in [1.82, 2.24) is 5.32 Å².